The first-order chi connectivity index (χ1) is 15.2. The molecule has 0 saturated carbocycles. The summed E-state index contributed by atoms with van der Waals surface area (Å²) < 4.78 is 37.2. The third-order valence-corrected chi connectivity index (χ3v) is 7.40. The Morgan fingerprint density at radius 2 is 1.84 bits per heavy atom. The van der Waals surface area contributed by atoms with E-state index in [0.29, 0.717) is 18.8 Å². The SMILES string of the molecule is COc1ccccc1C(C)NC(=O)COC(=O)c1cc(S(=O)(=O)N2CCCC2)ccc1Cl. The van der Waals surface area contributed by atoms with Crippen LogP contribution < -0.4 is 10.1 Å². The van der Waals surface area contributed by atoms with E-state index in [4.69, 9.17) is 21.1 Å². The molecule has 2 aromatic carbocycles. The highest BCUT2D eigenvalue weighted by atomic mass is 35.5. The van der Waals surface area contributed by atoms with E-state index in [1.165, 1.54) is 29.6 Å². The Hall–Kier alpha value is -2.62. The van der Waals surface area contributed by atoms with Gasteiger partial charge in [0.25, 0.3) is 5.91 Å². The Bertz CT molecular complexity index is 1100. The highest BCUT2D eigenvalue weighted by Gasteiger charge is 2.28. The smallest absolute Gasteiger partial charge is 0.340 e. The maximum absolute atomic E-state index is 12.8. The second kappa shape index (κ2) is 10.3. The van der Waals surface area contributed by atoms with Crippen molar-refractivity contribution in [2.75, 3.05) is 26.8 Å². The quantitative estimate of drug-likeness (QED) is 0.582. The van der Waals surface area contributed by atoms with Gasteiger partial charge in [0.15, 0.2) is 6.61 Å². The lowest BCUT2D eigenvalue weighted by Gasteiger charge is -2.17. The summed E-state index contributed by atoms with van der Waals surface area (Å²) in [5.41, 5.74) is 0.662. The molecule has 0 aliphatic carbocycles. The fourth-order valence-corrected chi connectivity index (χ4v) is 5.23. The molecule has 10 heteroatoms. The standard InChI is InChI=1S/C22H25ClN2O6S/c1-15(17-7-3-4-8-20(17)30-2)24-21(26)14-31-22(27)18-13-16(9-10-19(18)23)32(28,29)25-11-5-6-12-25/h3-4,7-10,13,15H,5-6,11-12,14H2,1-2H3,(H,24,26). The van der Waals surface area contributed by atoms with Gasteiger partial charge in [0.2, 0.25) is 10.0 Å². The second-order valence-corrected chi connectivity index (χ2v) is 9.71. The maximum atomic E-state index is 12.8. The predicted octanol–water partition coefficient (Wildman–Crippen LogP) is 3.17. The van der Waals surface area contributed by atoms with Crippen molar-refractivity contribution in [3.8, 4) is 5.75 Å². The Kier molecular flexibility index (Phi) is 7.76. The summed E-state index contributed by atoms with van der Waals surface area (Å²) in [6.45, 7) is 2.11. The molecule has 0 radical (unpaired) electrons. The Morgan fingerprint density at radius 1 is 1.16 bits per heavy atom. The molecule has 1 N–H and O–H groups in total. The average Bonchev–Trinajstić information content (AvgIpc) is 3.33. The van der Waals surface area contributed by atoms with Gasteiger partial charge in [-0.05, 0) is 44.0 Å². The van der Waals surface area contributed by atoms with Gasteiger partial charge in [0.1, 0.15) is 5.75 Å². The lowest BCUT2D eigenvalue weighted by atomic mass is 10.1. The van der Waals surface area contributed by atoms with Gasteiger partial charge in [-0.15, -0.1) is 0 Å². The molecule has 0 spiro atoms. The molecule has 3 rings (SSSR count). The molecule has 1 unspecified atom stereocenters. The van der Waals surface area contributed by atoms with E-state index in [2.05, 4.69) is 5.32 Å². The van der Waals surface area contributed by atoms with Gasteiger partial charge >= 0.3 is 5.97 Å². The minimum absolute atomic E-state index is 0.0370. The van der Waals surface area contributed by atoms with Crippen LogP contribution in [0, 0.1) is 0 Å². The van der Waals surface area contributed by atoms with Crippen molar-refractivity contribution in [2.24, 2.45) is 0 Å². The van der Waals surface area contributed by atoms with Gasteiger partial charge in [-0.25, -0.2) is 13.2 Å². The molecule has 2 aromatic rings. The van der Waals surface area contributed by atoms with Crippen LogP contribution in [0.3, 0.4) is 0 Å². The van der Waals surface area contributed by atoms with E-state index in [0.717, 1.165) is 18.4 Å². The first-order valence-electron chi connectivity index (χ1n) is 10.1. The highest BCUT2D eigenvalue weighted by molar-refractivity contribution is 7.89. The fourth-order valence-electron chi connectivity index (χ4n) is 3.49. The zero-order valence-electron chi connectivity index (χ0n) is 17.8. The number of carbonyl (C=O) groups excluding carboxylic acids is 2. The maximum Gasteiger partial charge on any atom is 0.340 e. The van der Waals surface area contributed by atoms with Gasteiger partial charge in [0, 0.05) is 18.7 Å². The second-order valence-electron chi connectivity index (χ2n) is 7.36. The summed E-state index contributed by atoms with van der Waals surface area (Å²) in [6, 6.07) is 10.7. The lowest BCUT2D eigenvalue weighted by molar-refractivity contribution is -0.124. The lowest BCUT2D eigenvalue weighted by Crippen LogP contribution is -2.31. The predicted molar refractivity (Wildman–Crippen MR) is 119 cm³/mol. The van der Waals surface area contributed by atoms with Crippen molar-refractivity contribution in [1.82, 2.24) is 9.62 Å². The van der Waals surface area contributed by atoms with Crippen LogP contribution in [-0.2, 0) is 19.6 Å². The number of sulfonamides is 1. The molecule has 8 nitrogen and oxygen atoms in total. The van der Waals surface area contributed by atoms with E-state index in [1.54, 1.807) is 13.0 Å². The van der Waals surface area contributed by atoms with Crippen LogP contribution in [-0.4, -0.2) is 51.4 Å². The molecule has 1 amide bonds. The van der Waals surface area contributed by atoms with Gasteiger partial charge in [-0.2, -0.15) is 4.31 Å². The molecule has 0 bridgehead atoms. The Balaban J connectivity index is 1.65. The minimum Gasteiger partial charge on any atom is -0.496 e. The molecule has 1 aliphatic rings. The van der Waals surface area contributed by atoms with E-state index >= 15 is 0 Å². The van der Waals surface area contributed by atoms with Crippen molar-refractivity contribution in [3.05, 3.63) is 58.6 Å². The van der Waals surface area contributed by atoms with E-state index in [1.807, 2.05) is 18.2 Å². The van der Waals surface area contributed by atoms with Crippen molar-refractivity contribution in [1.29, 1.82) is 0 Å². The number of para-hydroxylation sites is 1. The fraction of sp³-hybridized carbons (Fsp3) is 0.364. The number of rotatable bonds is 8. The largest absolute Gasteiger partial charge is 0.496 e. The minimum atomic E-state index is -3.72. The number of hydrogen-bond donors (Lipinski definition) is 1. The van der Waals surface area contributed by atoms with E-state index in [-0.39, 0.29) is 21.5 Å². The van der Waals surface area contributed by atoms with Crippen molar-refractivity contribution in [3.63, 3.8) is 0 Å². The molecule has 1 saturated heterocycles. The summed E-state index contributed by atoms with van der Waals surface area (Å²) in [4.78, 5) is 24.8. The molecule has 1 aliphatic heterocycles. The van der Waals surface area contributed by atoms with Gasteiger partial charge < -0.3 is 14.8 Å². The zero-order chi connectivity index (χ0) is 23.3. The summed E-state index contributed by atoms with van der Waals surface area (Å²) in [6.07, 6.45) is 1.59. The Labute approximate surface area is 192 Å². The number of methoxy groups -OCH3 is 1. The number of esters is 1. The molecule has 1 heterocycles. The van der Waals surface area contributed by atoms with Crippen LogP contribution in [0.15, 0.2) is 47.4 Å². The van der Waals surface area contributed by atoms with Crippen LogP contribution in [0.1, 0.15) is 41.7 Å². The van der Waals surface area contributed by atoms with Crippen molar-refractivity contribution < 1.29 is 27.5 Å². The molecule has 1 fully saturated rings. The summed E-state index contributed by atoms with van der Waals surface area (Å²) in [5.74, 6) is -0.776. The van der Waals surface area contributed by atoms with Gasteiger partial charge in [-0.1, -0.05) is 29.8 Å². The molecule has 0 aromatic heterocycles. The highest BCUT2D eigenvalue weighted by Crippen LogP contribution is 2.26. The number of benzene rings is 2. The monoisotopic (exact) mass is 480 g/mol. The number of halogens is 1. The number of hydrogen-bond acceptors (Lipinski definition) is 6. The number of nitrogens with zero attached hydrogens (tertiary/aromatic N) is 1. The van der Waals surface area contributed by atoms with Crippen molar-refractivity contribution in [2.45, 2.75) is 30.7 Å². The average molecular weight is 481 g/mol. The third kappa shape index (κ3) is 5.40. The van der Waals surface area contributed by atoms with Crippen LogP contribution in [0.2, 0.25) is 5.02 Å². The van der Waals surface area contributed by atoms with Crippen LogP contribution in [0.4, 0.5) is 0 Å². The molecular weight excluding hydrogens is 456 g/mol. The zero-order valence-corrected chi connectivity index (χ0v) is 19.4. The Morgan fingerprint density at radius 3 is 2.53 bits per heavy atom. The normalized spacial score (nSPS) is 15.2. The number of ether oxygens (including phenoxy) is 2. The molecule has 32 heavy (non-hydrogen) atoms. The topological polar surface area (TPSA) is 102 Å². The van der Waals surface area contributed by atoms with E-state index in [9.17, 15) is 18.0 Å². The number of nitrogens with one attached hydrogen (secondary N) is 1. The number of carbonyl (C=O) groups is 2. The van der Waals surface area contributed by atoms with Crippen LogP contribution in [0.25, 0.3) is 0 Å². The van der Waals surface area contributed by atoms with Gasteiger partial charge in [-0.3, -0.25) is 4.79 Å². The molecule has 1 atom stereocenters. The first kappa shape index (κ1) is 24.0. The van der Waals surface area contributed by atoms with Gasteiger partial charge in [0.05, 0.1) is 28.6 Å². The third-order valence-electron chi connectivity index (χ3n) is 5.18. The summed E-state index contributed by atoms with van der Waals surface area (Å²) >= 11 is 6.09. The van der Waals surface area contributed by atoms with E-state index < -0.39 is 28.5 Å². The molecule has 172 valence electrons. The van der Waals surface area contributed by atoms with Crippen molar-refractivity contribution >= 4 is 33.5 Å². The van der Waals surface area contributed by atoms with Crippen LogP contribution in [0.5, 0.6) is 5.75 Å². The number of amides is 1. The summed E-state index contributed by atoms with van der Waals surface area (Å²) in [7, 11) is -2.18. The van der Waals surface area contributed by atoms with Crippen LogP contribution >= 0.6 is 11.6 Å². The summed E-state index contributed by atoms with van der Waals surface area (Å²) in [5, 5.41) is 2.77. The first-order valence-corrected chi connectivity index (χ1v) is 11.9. The molecular formula is C22H25ClN2O6S.